The number of alkyl halides is 4. The normalized spacial score (nSPS) is 42.0. The number of fused-ring (bicyclic) bond motifs is 2. The van der Waals surface area contributed by atoms with Crippen molar-refractivity contribution >= 4 is 69.6 Å². The molecule has 0 radical (unpaired) electrons. The highest BCUT2D eigenvalue weighted by atomic mass is 35.5. The van der Waals surface area contributed by atoms with Gasteiger partial charge in [0.2, 0.25) is 0 Å². The first-order chi connectivity index (χ1) is 8.63. The van der Waals surface area contributed by atoms with Crippen LogP contribution in [0.5, 0.6) is 0 Å². The summed E-state index contributed by atoms with van der Waals surface area (Å²) in [5, 5.41) is 18.2. The number of aliphatic hydroxyl groups is 2. The number of halogens is 6. The zero-order chi connectivity index (χ0) is 14.6. The molecule has 0 aromatic rings. The Bertz CT molecular complexity index is 427. The fourth-order valence-electron chi connectivity index (χ4n) is 2.31. The molecule has 0 amide bonds. The maximum atomic E-state index is 9.30. The topological polar surface area (TPSA) is 49.7 Å². The van der Waals surface area contributed by atoms with Crippen molar-refractivity contribution in [2.24, 2.45) is 0 Å². The summed E-state index contributed by atoms with van der Waals surface area (Å²) in [5.74, 6) is 0. The Morgan fingerprint density at radius 2 is 1.79 bits per heavy atom. The Labute approximate surface area is 140 Å². The molecule has 2 N–H and O–H groups in total. The predicted octanol–water partition coefficient (Wildman–Crippen LogP) is 2.96. The molecule has 2 bridgehead atoms. The van der Waals surface area contributed by atoms with Gasteiger partial charge in [0.1, 0.15) is 15.9 Å². The fourth-order valence-corrected chi connectivity index (χ4v) is 5.00. The van der Waals surface area contributed by atoms with Crippen LogP contribution in [0.1, 0.15) is 6.42 Å². The lowest BCUT2D eigenvalue weighted by atomic mass is 10.0. The van der Waals surface area contributed by atoms with E-state index in [2.05, 4.69) is 0 Å². The number of aliphatic hydroxyl groups excluding tert-OH is 2. The molecule has 0 spiro atoms. The van der Waals surface area contributed by atoms with E-state index in [1.54, 1.807) is 0 Å². The lowest BCUT2D eigenvalue weighted by Gasteiger charge is -2.33. The zero-order valence-electron chi connectivity index (χ0n) is 9.35. The molecule has 0 aliphatic heterocycles. The molecule has 110 valence electrons. The molecule has 1 fully saturated rings. The van der Waals surface area contributed by atoms with Gasteiger partial charge in [-0.1, -0.05) is 46.4 Å². The van der Waals surface area contributed by atoms with Crippen molar-refractivity contribution in [1.82, 2.24) is 0 Å². The SMILES string of the molecule is OCC(O)COC1CC2(Cl)C(Cl)=C(Cl)C1(Cl)C2(Cl)Cl. The van der Waals surface area contributed by atoms with Gasteiger partial charge in [-0.3, -0.25) is 0 Å². The molecule has 3 nitrogen and oxygen atoms in total. The second-order valence-electron chi connectivity index (χ2n) is 4.58. The maximum absolute atomic E-state index is 9.30. The van der Waals surface area contributed by atoms with Crippen LogP contribution in [-0.4, -0.2) is 49.7 Å². The van der Waals surface area contributed by atoms with Gasteiger partial charge in [0.15, 0.2) is 4.33 Å². The van der Waals surface area contributed by atoms with Crippen molar-refractivity contribution in [3.05, 3.63) is 10.1 Å². The van der Waals surface area contributed by atoms with Crippen molar-refractivity contribution in [2.75, 3.05) is 13.2 Å². The minimum absolute atomic E-state index is 0.0468. The van der Waals surface area contributed by atoms with Crippen LogP contribution in [0.25, 0.3) is 0 Å². The molecule has 2 rings (SSSR count). The van der Waals surface area contributed by atoms with Gasteiger partial charge in [-0.2, -0.15) is 0 Å². The third-order valence-electron chi connectivity index (χ3n) is 3.43. The van der Waals surface area contributed by atoms with Gasteiger partial charge >= 0.3 is 0 Å². The van der Waals surface area contributed by atoms with Crippen LogP contribution in [0.4, 0.5) is 0 Å². The molecule has 4 unspecified atom stereocenters. The summed E-state index contributed by atoms with van der Waals surface area (Å²) in [6, 6.07) is 0. The van der Waals surface area contributed by atoms with E-state index in [0.717, 1.165) is 0 Å². The molecule has 9 heteroatoms. The summed E-state index contributed by atoms with van der Waals surface area (Å²) in [5.41, 5.74) is 0. The van der Waals surface area contributed by atoms with Gasteiger partial charge in [-0.15, -0.1) is 23.2 Å². The Morgan fingerprint density at radius 1 is 1.21 bits per heavy atom. The monoisotopic (exact) mass is 388 g/mol. The molecule has 4 atom stereocenters. The van der Waals surface area contributed by atoms with Crippen molar-refractivity contribution in [2.45, 2.75) is 32.7 Å². The van der Waals surface area contributed by atoms with Gasteiger partial charge in [0, 0.05) is 6.42 Å². The lowest BCUT2D eigenvalue weighted by molar-refractivity contribution is -0.0332. The summed E-state index contributed by atoms with van der Waals surface area (Å²) in [6.07, 6.45) is -1.61. The summed E-state index contributed by atoms with van der Waals surface area (Å²) in [7, 11) is 0. The third-order valence-corrected chi connectivity index (χ3v) is 7.69. The van der Waals surface area contributed by atoms with E-state index < -0.39 is 32.9 Å². The molecule has 0 aromatic heterocycles. The predicted molar refractivity (Wildman–Crippen MR) is 77.8 cm³/mol. The van der Waals surface area contributed by atoms with Crippen LogP contribution in [0.15, 0.2) is 10.1 Å². The Hall–Kier alpha value is 1.36. The molecule has 19 heavy (non-hydrogen) atoms. The van der Waals surface area contributed by atoms with Gasteiger partial charge in [-0.05, 0) is 0 Å². The third kappa shape index (κ3) is 2.05. The van der Waals surface area contributed by atoms with Crippen molar-refractivity contribution in [3.8, 4) is 0 Å². The van der Waals surface area contributed by atoms with Crippen molar-refractivity contribution in [3.63, 3.8) is 0 Å². The standard InChI is InChI=1S/C10H10Cl6O3/c11-6-7(12)9(14)5(19-3-4(18)2-17)1-8(6,13)10(9,15)16/h4-5,17-18H,1-3H2. The minimum atomic E-state index is -1.63. The number of allylic oxidation sites excluding steroid dienone is 1. The Kier molecular flexibility index (Phi) is 4.59. The number of hydrogen-bond donors (Lipinski definition) is 2. The fraction of sp³-hybridized carbons (Fsp3) is 0.800. The van der Waals surface area contributed by atoms with Gasteiger partial charge < -0.3 is 14.9 Å². The number of hydrogen-bond acceptors (Lipinski definition) is 3. The largest absolute Gasteiger partial charge is 0.394 e. The van der Waals surface area contributed by atoms with Crippen LogP contribution in [0, 0.1) is 0 Å². The average Bonchev–Trinajstić information content (AvgIpc) is 2.57. The summed E-state index contributed by atoms with van der Waals surface area (Å²) >= 11 is 37.4. The maximum Gasteiger partial charge on any atom is 0.168 e. The Morgan fingerprint density at radius 3 is 2.21 bits per heavy atom. The van der Waals surface area contributed by atoms with E-state index in [0.29, 0.717) is 0 Å². The van der Waals surface area contributed by atoms with Crippen LogP contribution < -0.4 is 0 Å². The second-order valence-corrected chi connectivity index (χ2v) is 7.90. The van der Waals surface area contributed by atoms with E-state index in [1.165, 1.54) is 0 Å². The van der Waals surface area contributed by atoms with Crippen molar-refractivity contribution < 1.29 is 14.9 Å². The molecule has 0 saturated heterocycles. The lowest BCUT2D eigenvalue weighted by Crippen LogP contribution is -2.47. The van der Waals surface area contributed by atoms with E-state index in [-0.39, 0.29) is 23.1 Å². The molecular weight excluding hydrogens is 381 g/mol. The van der Waals surface area contributed by atoms with Crippen molar-refractivity contribution in [1.29, 1.82) is 0 Å². The molecular formula is C10H10Cl6O3. The van der Waals surface area contributed by atoms with Gasteiger partial charge in [0.25, 0.3) is 0 Å². The van der Waals surface area contributed by atoms with Crippen LogP contribution in [0.2, 0.25) is 0 Å². The smallest absolute Gasteiger partial charge is 0.168 e. The first kappa shape index (κ1) is 16.7. The molecule has 0 aromatic carbocycles. The number of rotatable bonds is 4. The highest BCUT2D eigenvalue weighted by molar-refractivity contribution is 6.65. The Balaban J connectivity index is 2.29. The molecule has 2 aliphatic rings. The van der Waals surface area contributed by atoms with Crippen LogP contribution in [0.3, 0.4) is 0 Å². The van der Waals surface area contributed by atoms with E-state index >= 15 is 0 Å². The quantitative estimate of drug-likeness (QED) is 0.725. The zero-order valence-corrected chi connectivity index (χ0v) is 13.9. The molecule has 0 heterocycles. The van der Waals surface area contributed by atoms with E-state index in [1.807, 2.05) is 0 Å². The van der Waals surface area contributed by atoms with Crippen LogP contribution in [-0.2, 0) is 4.74 Å². The second kappa shape index (κ2) is 5.22. The minimum Gasteiger partial charge on any atom is -0.394 e. The number of ether oxygens (including phenoxy) is 1. The van der Waals surface area contributed by atoms with Crippen LogP contribution >= 0.6 is 69.6 Å². The molecule has 1 saturated carbocycles. The summed E-state index contributed by atoms with van der Waals surface area (Å²) in [6.45, 7) is -0.584. The summed E-state index contributed by atoms with van der Waals surface area (Å²) < 4.78 is 3.81. The van der Waals surface area contributed by atoms with E-state index in [4.69, 9.17) is 79.4 Å². The molecule has 2 aliphatic carbocycles. The highest BCUT2D eigenvalue weighted by Gasteiger charge is 2.79. The van der Waals surface area contributed by atoms with Gasteiger partial charge in [0.05, 0.1) is 29.4 Å². The van der Waals surface area contributed by atoms with E-state index in [9.17, 15) is 5.11 Å². The average molecular weight is 391 g/mol. The first-order valence-electron chi connectivity index (χ1n) is 5.35. The highest BCUT2D eigenvalue weighted by Crippen LogP contribution is 2.72. The summed E-state index contributed by atoms with van der Waals surface area (Å²) in [4.78, 5) is -2.81. The van der Waals surface area contributed by atoms with Gasteiger partial charge in [-0.25, -0.2) is 0 Å². The first-order valence-corrected chi connectivity index (χ1v) is 7.62.